The Balaban J connectivity index is 1.58. The van der Waals surface area contributed by atoms with Gasteiger partial charge in [-0.05, 0) is 19.1 Å². The zero-order valence-electron chi connectivity index (χ0n) is 15.3. The second kappa shape index (κ2) is 6.81. The molecule has 3 aliphatic heterocycles. The van der Waals surface area contributed by atoms with Crippen molar-refractivity contribution in [2.45, 2.75) is 41.7 Å². The van der Waals surface area contributed by atoms with E-state index < -0.39 is 36.8 Å². The van der Waals surface area contributed by atoms with Crippen molar-refractivity contribution >= 4 is 19.7 Å². The first kappa shape index (κ1) is 19.3. The van der Waals surface area contributed by atoms with Crippen LogP contribution < -0.4 is 0 Å². The number of rotatable bonds is 3. The second-order valence-electron chi connectivity index (χ2n) is 7.68. The summed E-state index contributed by atoms with van der Waals surface area (Å²) < 4.78 is 62.5. The molecule has 3 saturated heterocycles. The molecular formula is C18H25NO6S2. The lowest BCUT2D eigenvalue weighted by atomic mass is 10.0. The van der Waals surface area contributed by atoms with Gasteiger partial charge in [0, 0.05) is 32.0 Å². The van der Waals surface area contributed by atoms with Crippen molar-refractivity contribution in [3.05, 3.63) is 29.8 Å². The number of hydrogen-bond donors (Lipinski definition) is 0. The van der Waals surface area contributed by atoms with Gasteiger partial charge in [0.1, 0.15) is 0 Å². The third-order valence-corrected chi connectivity index (χ3v) is 10.00. The summed E-state index contributed by atoms with van der Waals surface area (Å²) >= 11 is 0. The van der Waals surface area contributed by atoms with E-state index >= 15 is 0 Å². The SMILES string of the molecule is Cc1ccc(S(=O)(=O)[C@H]2CS(=O)(=O)C[C@@H]2N2CCC3(CC2)OCCO3)cc1. The van der Waals surface area contributed by atoms with Gasteiger partial charge in [0.2, 0.25) is 0 Å². The lowest BCUT2D eigenvalue weighted by Crippen LogP contribution is -2.53. The fourth-order valence-electron chi connectivity index (χ4n) is 4.32. The molecule has 7 nitrogen and oxygen atoms in total. The highest BCUT2D eigenvalue weighted by Crippen LogP contribution is 2.35. The minimum Gasteiger partial charge on any atom is -0.347 e. The topological polar surface area (TPSA) is 90.0 Å². The van der Waals surface area contributed by atoms with Crippen LogP contribution in [-0.4, -0.2) is 76.6 Å². The van der Waals surface area contributed by atoms with Crippen LogP contribution >= 0.6 is 0 Å². The quantitative estimate of drug-likeness (QED) is 0.720. The Hall–Kier alpha value is -1.00. The maximum atomic E-state index is 13.2. The third kappa shape index (κ3) is 3.67. The summed E-state index contributed by atoms with van der Waals surface area (Å²) in [6, 6.07) is 6.09. The molecule has 1 aromatic carbocycles. The Morgan fingerprint density at radius 3 is 2.22 bits per heavy atom. The van der Waals surface area contributed by atoms with Crippen molar-refractivity contribution in [3.8, 4) is 0 Å². The van der Waals surface area contributed by atoms with Gasteiger partial charge in [-0.15, -0.1) is 0 Å². The fraction of sp³-hybridized carbons (Fsp3) is 0.667. The van der Waals surface area contributed by atoms with Crippen LogP contribution in [0.15, 0.2) is 29.2 Å². The first-order valence-corrected chi connectivity index (χ1v) is 12.6. The summed E-state index contributed by atoms with van der Waals surface area (Å²) in [5.74, 6) is -1.00. The van der Waals surface area contributed by atoms with Crippen LogP contribution in [-0.2, 0) is 29.1 Å². The zero-order chi connectivity index (χ0) is 19.3. The number of aryl methyl sites for hydroxylation is 1. The molecule has 27 heavy (non-hydrogen) atoms. The summed E-state index contributed by atoms with van der Waals surface area (Å²) in [5, 5.41) is -0.940. The van der Waals surface area contributed by atoms with Crippen LogP contribution in [0.1, 0.15) is 18.4 Å². The summed E-state index contributed by atoms with van der Waals surface area (Å²) in [4.78, 5) is 2.19. The number of benzene rings is 1. The maximum absolute atomic E-state index is 13.2. The number of likely N-dealkylation sites (tertiary alicyclic amines) is 1. The second-order valence-corrected chi connectivity index (χ2v) is 12.0. The molecule has 0 bridgehead atoms. The summed E-state index contributed by atoms with van der Waals surface area (Å²) in [6.07, 6.45) is 1.25. The minimum absolute atomic E-state index is 0.114. The third-order valence-electron chi connectivity index (χ3n) is 5.86. The van der Waals surface area contributed by atoms with Gasteiger partial charge in [-0.3, -0.25) is 4.90 Å². The summed E-state index contributed by atoms with van der Waals surface area (Å²) in [7, 11) is -7.14. The molecule has 3 fully saturated rings. The van der Waals surface area contributed by atoms with Crippen LogP contribution in [0.5, 0.6) is 0 Å². The number of piperidine rings is 1. The zero-order valence-corrected chi connectivity index (χ0v) is 17.0. The van der Waals surface area contributed by atoms with Gasteiger partial charge < -0.3 is 9.47 Å². The van der Waals surface area contributed by atoms with Gasteiger partial charge in [0.05, 0.1) is 34.9 Å². The van der Waals surface area contributed by atoms with E-state index in [0.717, 1.165) is 5.56 Å². The predicted molar refractivity (Wildman–Crippen MR) is 100 cm³/mol. The Bertz CT molecular complexity index is 894. The monoisotopic (exact) mass is 415 g/mol. The maximum Gasteiger partial charge on any atom is 0.183 e. The molecular weight excluding hydrogens is 390 g/mol. The fourth-order valence-corrected chi connectivity index (χ4v) is 9.15. The molecule has 1 spiro atoms. The Kier molecular flexibility index (Phi) is 4.87. The van der Waals surface area contributed by atoms with Crippen molar-refractivity contribution in [1.29, 1.82) is 0 Å². The molecule has 0 aliphatic carbocycles. The lowest BCUT2D eigenvalue weighted by molar-refractivity contribution is -0.187. The Morgan fingerprint density at radius 2 is 1.63 bits per heavy atom. The number of nitrogens with zero attached hydrogens (tertiary/aromatic N) is 1. The highest BCUT2D eigenvalue weighted by Gasteiger charge is 2.50. The largest absolute Gasteiger partial charge is 0.347 e. The molecule has 2 atom stereocenters. The first-order chi connectivity index (χ1) is 12.7. The van der Waals surface area contributed by atoms with E-state index in [0.29, 0.717) is 39.1 Å². The molecule has 3 aliphatic rings. The lowest BCUT2D eigenvalue weighted by Gasteiger charge is -2.41. The first-order valence-electron chi connectivity index (χ1n) is 9.24. The molecule has 150 valence electrons. The van der Waals surface area contributed by atoms with E-state index in [4.69, 9.17) is 9.47 Å². The van der Waals surface area contributed by atoms with Gasteiger partial charge in [0.25, 0.3) is 0 Å². The van der Waals surface area contributed by atoms with E-state index in [2.05, 4.69) is 0 Å². The number of hydrogen-bond acceptors (Lipinski definition) is 7. The standard InChI is InChI=1S/C18H25NO6S2/c1-14-2-4-15(5-3-14)27(22,23)17-13-26(20,21)12-16(17)19-8-6-18(7-9-19)24-10-11-25-18/h2-5,16-17H,6-13H2,1H3/t16-,17-/m0/s1. The molecule has 0 aromatic heterocycles. The van der Waals surface area contributed by atoms with Crippen molar-refractivity contribution in [1.82, 2.24) is 4.90 Å². The molecule has 4 rings (SSSR count). The number of sulfone groups is 2. The van der Waals surface area contributed by atoms with Crippen LogP contribution in [0.4, 0.5) is 0 Å². The molecule has 0 amide bonds. The van der Waals surface area contributed by atoms with Crippen molar-refractivity contribution < 1.29 is 26.3 Å². The van der Waals surface area contributed by atoms with Gasteiger partial charge in [0.15, 0.2) is 25.5 Å². The van der Waals surface area contributed by atoms with Crippen molar-refractivity contribution in [2.75, 3.05) is 37.8 Å². The van der Waals surface area contributed by atoms with E-state index in [1.54, 1.807) is 24.3 Å². The number of ether oxygens (including phenoxy) is 2. The van der Waals surface area contributed by atoms with E-state index in [1.807, 2.05) is 11.8 Å². The van der Waals surface area contributed by atoms with Gasteiger partial charge >= 0.3 is 0 Å². The average molecular weight is 416 g/mol. The molecule has 0 saturated carbocycles. The normalized spacial score (nSPS) is 30.7. The van der Waals surface area contributed by atoms with E-state index in [9.17, 15) is 16.8 Å². The molecule has 0 radical (unpaired) electrons. The minimum atomic E-state index is -3.74. The van der Waals surface area contributed by atoms with Crippen molar-refractivity contribution in [3.63, 3.8) is 0 Å². The highest BCUT2D eigenvalue weighted by atomic mass is 32.2. The van der Waals surface area contributed by atoms with Crippen LogP contribution in [0, 0.1) is 6.92 Å². The van der Waals surface area contributed by atoms with Crippen molar-refractivity contribution in [2.24, 2.45) is 0 Å². The smallest absolute Gasteiger partial charge is 0.183 e. The van der Waals surface area contributed by atoms with Gasteiger partial charge in [-0.25, -0.2) is 16.8 Å². The van der Waals surface area contributed by atoms with Gasteiger partial charge in [-0.2, -0.15) is 0 Å². The molecule has 0 unspecified atom stereocenters. The highest BCUT2D eigenvalue weighted by molar-refractivity contribution is 7.96. The molecule has 0 N–H and O–H groups in total. The van der Waals surface area contributed by atoms with Gasteiger partial charge in [-0.1, -0.05) is 17.7 Å². The van der Waals surface area contributed by atoms with Crippen LogP contribution in [0.25, 0.3) is 0 Å². The Morgan fingerprint density at radius 1 is 1.04 bits per heavy atom. The predicted octanol–water partition coefficient (Wildman–Crippen LogP) is 0.773. The summed E-state index contributed by atoms with van der Waals surface area (Å²) in [5.41, 5.74) is 0.961. The van der Waals surface area contributed by atoms with E-state index in [1.165, 1.54) is 0 Å². The van der Waals surface area contributed by atoms with E-state index in [-0.39, 0.29) is 16.4 Å². The average Bonchev–Trinajstić information content (AvgIpc) is 3.20. The molecule has 3 heterocycles. The Labute approximate surface area is 160 Å². The van der Waals surface area contributed by atoms with Crippen LogP contribution in [0.3, 0.4) is 0 Å². The van der Waals surface area contributed by atoms with Crippen LogP contribution in [0.2, 0.25) is 0 Å². The molecule has 9 heteroatoms. The molecule has 1 aromatic rings. The summed E-state index contributed by atoms with van der Waals surface area (Å²) in [6.45, 7) is 4.17.